The smallest absolute Gasteiger partial charge is 0.353 e. The molecule has 112 valence electrons. The highest BCUT2D eigenvalue weighted by Gasteiger charge is 2.31. The number of halogens is 3. The van der Waals surface area contributed by atoms with E-state index in [9.17, 15) is 18.0 Å². The zero-order valence-electron chi connectivity index (χ0n) is 11.3. The Hall–Kier alpha value is -0.780. The van der Waals surface area contributed by atoms with Gasteiger partial charge < -0.3 is 11.1 Å². The molecule has 1 saturated carbocycles. The Labute approximate surface area is 112 Å². The molecule has 0 heterocycles. The summed E-state index contributed by atoms with van der Waals surface area (Å²) in [5.74, 6) is 0.567. The van der Waals surface area contributed by atoms with Crippen LogP contribution in [0, 0.1) is 11.8 Å². The Kier molecular flexibility index (Phi) is 6.10. The van der Waals surface area contributed by atoms with Crippen LogP contribution in [-0.4, -0.2) is 24.7 Å². The van der Waals surface area contributed by atoms with E-state index < -0.39 is 18.6 Å². The fraction of sp³-hybridized carbons (Fsp3) is 0.923. The van der Waals surface area contributed by atoms with Gasteiger partial charge in [0.15, 0.2) is 0 Å². The molecule has 1 unspecified atom stereocenters. The molecular formula is C13H23F3N2O. The van der Waals surface area contributed by atoms with Gasteiger partial charge in [-0.2, -0.15) is 13.2 Å². The molecule has 0 radical (unpaired) electrons. The second kappa shape index (κ2) is 7.12. The predicted molar refractivity (Wildman–Crippen MR) is 67.4 cm³/mol. The summed E-state index contributed by atoms with van der Waals surface area (Å²) in [5, 5.41) is 2.43. The Bertz CT molecular complexity index is 286. The first-order chi connectivity index (χ1) is 8.80. The van der Waals surface area contributed by atoms with E-state index in [4.69, 9.17) is 5.73 Å². The first-order valence-electron chi connectivity index (χ1n) is 6.86. The van der Waals surface area contributed by atoms with Gasteiger partial charge in [0.25, 0.3) is 0 Å². The lowest BCUT2D eigenvalue weighted by Gasteiger charge is -2.27. The van der Waals surface area contributed by atoms with Crippen molar-refractivity contribution in [2.45, 2.75) is 57.7 Å². The topological polar surface area (TPSA) is 55.1 Å². The quantitative estimate of drug-likeness (QED) is 0.813. The van der Waals surface area contributed by atoms with Gasteiger partial charge in [0.05, 0.1) is 6.42 Å². The standard InChI is InChI=1S/C13H23F3N2O/c1-9(7-13(14,15)16)18-12(19)6-10-2-4-11(8-17)5-3-10/h9-11H,2-8,17H2,1H3,(H,18,19). The van der Waals surface area contributed by atoms with Crippen molar-refractivity contribution in [1.29, 1.82) is 0 Å². The normalized spacial score (nSPS) is 25.9. The zero-order valence-corrected chi connectivity index (χ0v) is 11.3. The summed E-state index contributed by atoms with van der Waals surface area (Å²) in [5.41, 5.74) is 5.59. The lowest BCUT2D eigenvalue weighted by atomic mass is 9.80. The van der Waals surface area contributed by atoms with E-state index in [1.165, 1.54) is 6.92 Å². The summed E-state index contributed by atoms with van der Waals surface area (Å²) in [6.45, 7) is 2.07. The van der Waals surface area contributed by atoms with Gasteiger partial charge in [0.2, 0.25) is 5.91 Å². The molecule has 0 spiro atoms. The van der Waals surface area contributed by atoms with Crippen LogP contribution in [0.15, 0.2) is 0 Å². The molecule has 1 amide bonds. The first-order valence-corrected chi connectivity index (χ1v) is 6.86. The Morgan fingerprint density at radius 1 is 1.26 bits per heavy atom. The van der Waals surface area contributed by atoms with Crippen LogP contribution in [0.5, 0.6) is 0 Å². The van der Waals surface area contributed by atoms with Gasteiger partial charge in [-0.1, -0.05) is 0 Å². The molecule has 1 rings (SSSR count). The molecule has 1 aliphatic carbocycles. The SMILES string of the molecule is CC(CC(F)(F)F)NC(=O)CC1CCC(CN)CC1. The molecule has 1 aliphatic rings. The third kappa shape index (κ3) is 6.80. The predicted octanol–water partition coefficient (Wildman–Crippen LogP) is 2.60. The molecule has 0 saturated heterocycles. The van der Waals surface area contributed by atoms with Crippen LogP contribution >= 0.6 is 0 Å². The van der Waals surface area contributed by atoms with E-state index in [0.29, 0.717) is 24.8 Å². The van der Waals surface area contributed by atoms with Gasteiger partial charge in [-0.25, -0.2) is 0 Å². The molecule has 0 bridgehead atoms. The number of nitrogens with two attached hydrogens (primary N) is 1. The number of carbonyl (C=O) groups excluding carboxylic acids is 1. The van der Waals surface area contributed by atoms with Gasteiger partial charge in [-0.3, -0.25) is 4.79 Å². The molecule has 1 atom stereocenters. The van der Waals surface area contributed by atoms with E-state index in [0.717, 1.165) is 25.7 Å². The highest BCUT2D eigenvalue weighted by atomic mass is 19.4. The number of hydrogen-bond donors (Lipinski definition) is 2. The summed E-state index contributed by atoms with van der Waals surface area (Å²) in [6.07, 6.45) is -0.936. The highest BCUT2D eigenvalue weighted by molar-refractivity contribution is 5.76. The summed E-state index contributed by atoms with van der Waals surface area (Å²) in [7, 11) is 0. The van der Waals surface area contributed by atoms with Gasteiger partial charge in [-0.05, 0) is 51.0 Å². The highest BCUT2D eigenvalue weighted by Crippen LogP contribution is 2.30. The number of nitrogens with one attached hydrogen (secondary N) is 1. The lowest BCUT2D eigenvalue weighted by molar-refractivity contribution is -0.141. The first kappa shape index (κ1) is 16.3. The third-order valence-electron chi connectivity index (χ3n) is 3.72. The van der Waals surface area contributed by atoms with Gasteiger partial charge in [0.1, 0.15) is 0 Å². The van der Waals surface area contributed by atoms with Gasteiger partial charge >= 0.3 is 6.18 Å². The lowest BCUT2D eigenvalue weighted by Crippen LogP contribution is -2.37. The third-order valence-corrected chi connectivity index (χ3v) is 3.72. The molecule has 1 fully saturated rings. The minimum absolute atomic E-state index is 0.270. The molecule has 0 aliphatic heterocycles. The fourth-order valence-corrected chi connectivity index (χ4v) is 2.67. The van der Waals surface area contributed by atoms with Crippen molar-refractivity contribution in [1.82, 2.24) is 5.32 Å². The van der Waals surface area contributed by atoms with E-state index in [1.807, 2.05) is 0 Å². The molecule has 19 heavy (non-hydrogen) atoms. The van der Waals surface area contributed by atoms with Crippen molar-refractivity contribution in [3.8, 4) is 0 Å². The maximum absolute atomic E-state index is 12.1. The molecule has 0 aromatic carbocycles. The second-order valence-corrected chi connectivity index (χ2v) is 5.61. The monoisotopic (exact) mass is 280 g/mol. The van der Waals surface area contributed by atoms with Crippen molar-refractivity contribution < 1.29 is 18.0 Å². The Morgan fingerprint density at radius 2 is 1.79 bits per heavy atom. The Balaban J connectivity index is 2.24. The molecule has 3 N–H and O–H groups in total. The van der Waals surface area contributed by atoms with Crippen LogP contribution in [0.2, 0.25) is 0 Å². The molecule has 3 nitrogen and oxygen atoms in total. The number of amides is 1. The van der Waals surface area contributed by atoms with Crippen molar-refractivity contribution in [2.24, 2.45) is 17.6 Å². The average Bonchev–Trinajstić information content (AvgIpc) is 2.27. The number of rotatable bonds is 5. The number of alkyl halides is 3. The van der Waals surface area contributed by atoms with Crippen LogP contribution in [0.3, 0.4) is 0 Å². The van der Waals surface area contributed by atoms with Crippen molar-refractivity contribution in [3.05, 3.63) is 0 Å². The number of carbonyl (C=O) groups is 1. The van der Waals surface area contributed by atoms with E-state index in [1.54, 1.807) is 0 Å². The maximum atomic E-state index is 12.1. The van der Waals surface area contributed by atoms with Crippen LogP contribution < -0.4 is 11.1 Å². The molecular weight excluding hydrogens is 257 g/mol. The average molecular weight is 280 g/mol. The van der Waals surface area contributed by atoms with E-state index in [2.05, 4.69) is 5.32 Å². The van der Waals surface area contributed by atoms with Crippen molar-refractivity contribution >= 4 is 5.91 Å². The maximum Gasteiger partial charge on any atom is 0.391 e. The zero-order chi connectivity index (χ0) is 14.5. The van der Waals surface area contributed by atoms with Crippen LogP contribution in [0.4, 0.5) is 13.2 Å². The van der Waals surface area contributed by atoms with E-state index in [-0.39, 0.29) is 5.91 Å². The molecule has 6 heteroatoms. The van der Waals surface area contributed by atoms with Gasteiger partial charge in [-0.15, -0.1) is 0 Å². The van der Waals surface area contributed by atoms with Crippen LogP contribution in [-0.2, 0) is 4.79 Å². The van der Waals surface area contributed by atoms with Crippen molar-refractivity contribution in [2.75, 3.05) is 6.54 Å². The van der Waals surface area contributed by atoms with Crippen molar-refractivity contribution in [3.63, 3.8) is 0 Å². The minimum Gasteiger partial charge on any atom is -0.353 e. The largest absolute Gasteiger partial charge is 0.391 e. The minimum atomic E-state index is -4.23. The fourth-order valence-electron chi connectivity index (χ4n) is 2.67. The summed E-state index contributed by atoms with van der Waals surface area (Å²) in [4.78, 5) is 11.7. The van der Waals surface area contributed by atoms with Crippen LogP contribution in [0.1, 0.15) is 45.4 Å². The number of hydrogen-bond acceptors (Lipinski definition) is 2. The molecule has 0 aromatic heterocycles. The summed E-state index contributed by atoms with van der Waals surface area (Å²) in [6, 6.07) is -0.854. The Morgan fingerprint density at radius 3 is 2.26 bits per heavy atom. The summed E-state index contributed by atoms with van der Waals surface area (Å²) >= 11 is 0. The second-order valence-electron chi connectivity index (χ2n) is 5.61. The van der Waals surface area contributed by atoms with Gasteiger partial charge in [0, 0.05) is 12.5 Å². The van der Waals surface area contributed by atoms with E-state index >= 15 is 0 Å². The van der Waals surface area contributed by atoms with Crippen LogP contribution in [0.25, 0.3) is 0 Å². The molecule has 0 aromatic rings. The summed E-state index contributed by atoms with van der Waals surface area (Å²) < 4.78 is 36.4.